The summed E-state index contributed by atoms with van der Waals surface area (Å²) in [6.07, 6.45) is 5.30. The van der Waals surface area contributed by atoms with E-state index in [1.54, 1.807) is 0 Å². The van der Waals surface area contributed by atoms with Crippen molar-refractivity contribution in [2.75, 3.05) is 12.3 Å². The molecule has 2 aromatic rings. The molecule has 0 spiro atoms. The number of anilines is 1. The third kappa shape index (κ3) is 3.59. The number of nitrogens with two attached hydrogens (primary N) is 1. The first kappa shape index (κ1) is 19.1. The van der Waals surface area contributed by atoms with E-state index >= 15 is 0 Å². The highest BCUT2D eigenvalue weighted by atomic mass is 32.1. The van der Waals surface area contributed by atoms with E-state index < -0.39 is 29.6 Å². The van der Waals surface area contributed by atoms with Crippen LogP contribution < -0.4 is 17.0 Å². The molecule has 0 radical (unpaired) electrons. The van der Waals surface area contributed by atoms with Crippen LogP contribution in [-0.4, -0.2) is 27.5 Å². The van der Waals surface area contributed by atoms with Gasteiger partial charge in [0.25, 0.3) is 5.56 Å². The lowest BCUT2D eigenvalue weighted by molar-refractivity contribution is 0.0479. The predicted octanol–water partition coefficient (Wildman–Crippen LogP) is 1.04. The second-order valence-corrected chi connectivity index (χ2v) is 7.72. The lowest BCUT2D eigenvalue weighted by Crippen LogP contribution is -2.42. The molecular formula is C18H21N3O5S. The number of aryl methyl sites for hydroxylation is 2. The maximum Gasteiger partial charge on any atom is 0.348 e. The summed E-state index contributed by atoms with van der Waals surface area (Å²) in [5, 5.41) is 0. The van der Waals surface area contributed by atoms with Crippen LogP contribution in [0.1, 0.15) is 49.7 Å². The first-order valence-electron chi connectivity index (χ1n) is 8.68. The zero-order valence-corrected chi connectivity index (χ0v) is 16.1. The number of hydrogen-bond acceptors (Lipinski definition) is 7. The normalized spacial score (nSPS) is 13.7. The Morgan fingerprint density at radius 3 is 2.59 bits per heavy atom. The first-order valence-corrected chi connectivity index (χ1v) is 9.50. The summed E-state index contributed by atoms with van der Waals surface area (Å²) in [7, 11) is 2.62. The molecule has 0 saturated heterocycles. The topological polar surface area (TPSA) is 113 Å². The summed E-state index contributed by atoms with van der Waals surface area (Å²) < 4.78 is 6.90. The number of esters is 1. The van der Waals surface area contributed by atoms with Crippen LogP contribution >= 0.6 is 11.3 Å². The van der Waals surface area contributed by atoms with Gasteiger partial charge in [-0.15, -0.1) is 11.3 Å². The molecule has 0 atom stereocenters. The second-order valence-electron chi connectivity index (χ2n) is 6.59. The van der Waals surface area contributed by atoms with Crippen molar-refractivity contribution in [1.82, 2.24) is 9.13 Å². The van der Waals surface area contributed by atoms with Crippen LogP contribution in [-0.2, 0) is 31.7 Å². The Morgan fingerprint density at radius 2 is 1.85 bits per heavy atom. The van der Waals surface area contributed by atoms with E-state index in [4.69, 9.17) is 10.5 Å². The van der Waals surface area contributed by atoms with E-state index in [0.29, 0.717) is 4.88 Å². The standard InChI is InChI=1S/C18H21N3O5S/c1-20-15(19)14(16(23)21(2)18(20)25)11(22)9-26-17(24)13-8-10-6-4-3-5-7-12(10)27-13/h8H,3-7,9,19H2,1-2H3. The SMILES string of the molecule is Cn1c(N)c(C(=O)COC(=O)c2cc3c(s2)CCCCC3)c(=O)n(C)c1=O. The van der Waals surface area contributed by atoms with E-state index in [1.165, 1.54) is 42.3 Å². The molecule has 9 heteroatoms. The number of nitrogens with zero attached hydrogens (tertiary/aromatic N) is 2. The average molecular weight is 391 g/mol. The number of fused-ring (bicyclic) bond motifs is 1. The maximum atomic E-state index is 12.4. The molecular weight excluding hydrogens is 370 g/mol. The third-order valence-electron chi connectivity index (χ3n) is 4.77. The molecule has 2 heterocycles. The summed E-state index contributed by atoms with van der Waals surface area (Å²) in [5.74, 6) is -1.58. The molecule has 0 unspecified atom stereocenters. The van der Waals surface area contributed by atoms with Gasteiger partial charge in [-0.2, -0.15) is 0 Å². The summed E-state index contributed by atoms with van der Waals surface area (Å²) in [6.45, 7) is -0.612. The predicted molar refractivity (Wildman–Crippen MR) is 102 cm³/mol. The number of nitrogen functional groups attached to an aromatic ring is 1. The fraction of sp³-hybridized carbons (Fsp3) is 0.444. The minimum absolute atomic E-state index is 0.244. The number of thiophene rings is 1. The quantitative estimate of drug-likeness (QED) is 0.473. The Morgan fingerprint density at radius 1 is 1.15 bits per heavy atom. The van der Waals surface area contributed by atoms with Crippen LogP contribution in [0.3, 0.4) is 0 Å². The fourth-order valence-electron chi connectivity index (χ4n) is 3.16. The minimum atomic E-state index is -0.806. The van der Waals surface area contributed by atoms with Crippen molar-refractivity contribution in [2.24, 2.45) is 14.1 Å². The number of carbonyl (C=O) groups is 2. The van der Waals surface area contributed by atoms with Crippen LogP contribution in [0.2, 0.25) is 0 Å². The van der Waals surface area contributed by atoms with Crippen molar-refractivity contribution in [3.8, 4) is 0 Å². The number of rotatable bonds is 4. The van der Waals surface area contributed by atoms with Gasteiger partial charge in [0, 0.05) is 19.0 Å². The summed E-state index contributed by atoms with van der Waals surface area (Å²) in [5.41, 5.74) is 5.12. The highest BCUT2D eigenvalue weighted by Crippen LogP contribution is 2.29. The Bertz CT molecular complexity index is 1010. The first-order chi connectivity index (χ1) is 12.8. The molecule has 1 aliphatic carbocycles. The Balaban J connectivity index is 1.76. The molecule has 3 rings (SSSR count). The van der Waals surface area contributed by atoms with Gasteiger partial charge >= 0.3 is 11.7 Å². The van der Waals surface area contributed by atoms with Crippen molar-refractivity contribution in [3.63, 3.8) is 0 Å². The highest BCUT2D eigenvalue weighted by molar-refractivity contribution is 7.14. The van der Waals surface area contributed by atoms with Crippen molar-refractivity contribution < 1.29 is 14.3 Å². The third-order valence-corrected chi connectivity index (χ3v) is 5.99. The molecule has 0 amide bonds. The molecule has 1 aliphatic rings. The Labute approximate surface area is 159 Å². The number of aromatic nitrogens is 2. The van der Waals surface area contributed by atoms with Gasteiger partial charge in [0.1, 0.15) is 16.3 Å². The van der Waals surface area contributed by atoms with Crippen molar-refractivity contribution >= 4 is 28.9 Å². The number of Topliss-reactive ketones (excluding diaryl/α,β-unsaturated/α-hetero) is 1. The smallest absolute Gasteiger partial charge is 0.348 e. The van der Waals surface area contributed by atoms with Gasteiger partial charge in [0.05, 0.1) is 0 Å². The summed E-state index contributed by atoms with van der Waals surface area (Å²) in [6, 6.07) is 1.83. The van der Waals surface area contributed by atoms with Crippen LogP contribution in [0.25, 0.3) is 0 Å². The molecule has 8 nitrogen and oxygen atoms in total. The van der Waals surface area contributed by atoms with E-state index in [1.807, 2.05) is 6.07 Å². The van der Waals surface area contributed by atoms with Crippen molar-refractivity contribution in [3.05, 3.63) is 47.8 Å². The maximum absolute atomic E-state index is 12.4. The molecule has 27 heavy (non-hydrogen) atoms. The zero-order valence-electron chi connectivity index (χ0n) is 15.2. The minimum Gasteiger partial charge on any atom is -0.453 e. The van der Waals surface area contributed by atoms with Crippen LogP contribution in [0.5, 0.6) is 0 Å². The fourth-order valence-corrected chi connectivity index (χ4v) is 4.31. The van der Waals surface area contributed by atoms with Gasteiger partial charge < -0.3 is 10.5 Å². The van der Waals surface area contributed by atoms with Crippen LogP contribution in [0, 0.1) is 0 Å². The molecule has 0 aromatic carbocycles. The van der Waals surface area contributed by atoms with E-state index in [-0.39, 0.29) is 11.4 Å². The molecule has 0 saturated carbocycles. The highest BCUT2D eigenvalue weighted by Gasteiger charge is 2.23. The van der Waals surface area contributed by atoms with Gasteiger partial charge in [0.15, 0.2) is 6.61 Å². The van der Waals surface area contributed by atoms with Gasteiger partial charge in [-0.05, 0) is 37.3 Å². The molecule has 0 fully saturated rings. The van der Waals surface area contributed by atoms with Crippen molar-refractivity contribution in [2.45, 2.75) is 32.1 Å². The molecule has 0 aliphatic heterocycles. The number of ether oxygens (including phenoxy) is 1. The van der Waals surface area contributed by atoms with Gasteiger partial charge in [-0.3, -0.25) is 18.7 Å². The number of carbonyl (C=O) groups excluding carboxylic acids is 2. The van der Waals surface area contributed by atoms with Gasteiger partial charge in [-0.25, -0.2) is 9.59 Å². The number of hydrogen-bond donors (Lipinski definition) is 1. The van der Waals surface area contributed by atoms with Crippen molar-refractivity contribution in [1.29, 1.82) is 0 Å². The van der Waals surface area contributed by atoms with Gasteiger partial charge in [-0.1, -0.05) is 6.42 Å². The largest absolute Gasteiger partial charge is 0.453 e. The zero-order chi connectivity index (χ0) is 19.7. The molecule has 2 N–H and O–H groups in total. The summed E-state index contributed by atoms with van der Waals surface area (Å²) >= 11 is 1.40. The van der Waals surface area contributed by atoms with E-state index in [9.17, 15) is 19.2 Å². The average Bonchev–Trinajstić information content (AvgIpc) is 2.93. The lowest BCUT2D eigenvalue weighted by Gasteiger charge is -2.10. The molecule has 2 aromatic heterocycles. The molecule has 0 bridgehead atoms. The lowest BCUT2D eigenvalue weighted by atomic mass is 10.1. The molecule has 144 valence electrons. The van der Waals surface area contributed by atoms with E-state index in [0.717, 1.165) is 34.8 Å². The van der Waals surface area contributed by atoms with Crippen LogP contribution in [0.4, 0.5) is 5.82 Å². The Hall–Kier alpha value is -2.68. The summed E-state index contributed by atoms with van der Waals surface area (Å²) in [4.78, 5) is 50.4. The number of ketones is 1. The van der Waals surface area contributed by atoms with E-state index in [2.05, 4.69) is 0 Å². The van der Waals surface area contributed by atoms with Gasteiger partial charge in [0.2, 0.25) is 5.78 Å². The monoisotopic (exact) mass is 391 g/mol. The Kier molecular flexibility index (Phi) is 5.31. The second kappa shape index (κ2) is 7.51. The van der Waals surface area contributed by atoms with Crippen LogP contribution in [0.15, 0.2) is 15.7 Å².